The molecule has 3 heteroatoms. The Bertz CT molecular complexity index is 276. The lowest BCUT2D eigenvalue weighted by molar-refractivity contribution is 0.0460. The van der Waals surface area contributed by atoms with Crippen LogP contribution in [0.15, 0.2) is 0 Å². The van der Waals surface area contributed by atoms with Crippen LogP contribution in [-0.4, -0.2) is 47.6 Å². The van der Waals surface area contributed by atoms with Gasteiger partial charge in [0.25, 0.3) is 0 Å². The molecule has 1 N–H and O–H groups in total. The van der Waals surface area contributed by atoms with Gasteiger partial charge in [0.05, 0.1) is 0 Å². The van der Waals surface area contributed by atoms with E-state index in [2.05, 4.69) is 49.7 Å². The average Bonchev–Trinajstić information content (AvgIpc) is 2.40. The van der Waals surface area contributed by atoms with E-state index < -0.39 is 0 Å². The van der Waals surface area contributed by atoms with Crippen molar-refractivity contribution in [2.24, 2.45) is 11.8 Å². The quantitative estimate of drug-likeness (QED) is 0.853. The molecular formula is C16H32N2S. The van der Waals surface area contributed by atoms with Gasteiger partial charge in [-0.15, -0.1) is 0 Å². The van der Waals surface area contributed by atoms with Crippen LogP contribution in [-0.2, 0) is 0 Å². The van der Waals surface area contributed by atoms with Crippen molar-refractivity contribution in [3.05, 3.63) is 0 Å². The second-order valence-corrected chi connectivity index (χ2v) is 8.32. The maximum Gasteiger partial charge on any atom is 0.0278 e. The third-order valence-electron chi connectivity index (χ3n) is 5.14. The third-order valence-corrected chi connectivity index (χ3v) is 6.19. The first-order valence-corrected chi connectivity index (χ1v) is 9.26. The van der Waals surface area contributed by atoms with Crippen LogP contribution >= 0.6 is 11.8 Å². The number of thioether (sulfide) groups is 1. The molecule has 0 aromatic carbocycles. The normalized spacial score (nSPS) is 34.9. The third kappa shape index (κ3) is 4.12. The van der Waals surface area contributed by atoms with Crippen LogP contribution in [0, 0.1) is 11.8 Å². The van der Waals surface area contributed by atoms with Crippen LogP contribution in [0.5, 0.6) is 0 Å². The van der Waals surface area contributed by atoms with E-state index in [1.807, 2.05) is 0 Å². The van der Waals surface area contributed by atoms with E-state index in [-0.39, 0.29) is 0 Å². The maximum absolute atomic E-state index is 3.80. The standard InChI is InChI=1S/C16H32N2S/c1-5-16(4)12-18(15(10-17-16)13(2)3)11-14-6-8-19-9-7-14/h13-15,17H,5-12H2,1-4H3. The molecule has 19 heavy (non-hydrogen) atoms. The maximum atomic E-state index is 3.80. The van der Waals surface area contributed by atoms with Gasteiger partial charge in [0.15, 0.2) is 0 Å². The van der Waals surface area contributed by atoms with Gasteiger partial charge in [-0.25, -0.2) is 0 Å². The molecule has 0 bridgehead atoms. The van der Waals surface area contributed by atoms with Crippen LogP contribution in [0.4, 0.5) is 0 Å². The minimum Gasteiger partial charge on any atom is -0.309 e. The fourth-order valence-corrected chi connectivity index (χ4v) is 4.66. The highest BCUT2D eigenvalue weighted by Crippen LogP contribution is 2.28. The summed E-state index contributed by atoms with van der Waals surface area (Å²) in [5, 5.41) is 3.80. The molecule has 2 rings (SSSR count). The Morgan fingerprint density at radius 2 is 2.00 bits per heavy atom. The summed E-state index contributed by atoms with van der Waals surface area (Å²) in [7, 11) is 0. The summed E-state index contributed by atoms with van der Waals surface area (Å²) in [5.41, 5.74) is 0.328. The van der Waals surface area contributed by atoms with Gasteiger partial charge in [-0.3, -0.25) is 4.90 Å². The Kier molecular flexibility index (Phi) is 5.62. The fraction of sp³-hybridized carbons (Fsp3) is 1.00. The number of piperazine rings is 1. The molecule has 2 fully saturated rings. The van der Waals surface area contributed by atoms with E-state index in [4.69, 9.17) is 0 Å². The molecule has 2 nitrogen and oxygen atoms in total. The zero-order chi connectivity index (χ0) is 13.9. The summed E-state index contributed by atoms with van der Waals surface area (Å²) >= 11 is 2.14. The van der Waals surface area contributed by atoms with Crippen molar-refractivity contribution in [3.63, 3.8) is 0 Å². The molecule has 0 amide bonds. The molecule has 0 aliphatic carbocycles. The molecule has 2 heterocycles. The second-order valence-electron chi connectivity index (χ2n) is 7.09. The van der Waals surface area contributed by atoms with Gasteiger partial charge in [0, 0.05) is 31.2 Å². The SMILES string of the molecule is CCC1(C)CN(CC2CCSCC2)C(C(C)C)CN1. The highest BCUT2D eigenvalue weighted by atomic mass is 32.2. The Labute approximate surface area is 124 Å². The first-order valence-electron chi connectivity index (χ1n) is 8.11. The van der Waals surface area contributed by atoms with Crippen molar-refractivity contribution in [2.45, 2.75) is 58.5 Å². The number of hydrogen-bond acceptors (Lipinski definition) is 3. The van der Waals surface area contributed by atoms with E-state index >= 15 is 0 Å². The van der Waals surface area contributed by atoms with Crippen LogP contribution in [0.2, 0.25) is 0 Å². The van der Waals surface area contributed by atoms with Crippen molar-refractivity contribution < 1.29 is 0 Å². The molecular weight excluding hydrogens is 252 g/mol. The lowest BCUT2D eigenvalue weighted by Crippen LogP contribution is -2.64. The number of nitrogens with one attached hydrogen (secondary N) is 1. The van der Waals surface area contributed by atoms with Crippen molar-refractivity contribution in [1.82, 2.24) is 10.2 Å². The van der Waals surface area contributed by atoms with Gasteiger partial charge >= 0.3 is 0 Å². The molecule has 2 aliphatic rings. The van der Waals surface area contributed by atoms with Gasteiger partial charge in [-0.2, -0.15) is 11.8 Å². The topological polar surface area (TPSA) is 15.3 Å². The molecule has 0 radical (unpaired) electrons. The van der Waals surface area contributed by atoms with Gasteiger partial charge in [-0.1, -0.05) is 20.8 Å². The molecule has 0 saturated carbocycles. The van der Waals surface area contributed by atoms with E-state index in [1.54, 1.807) is 0 Å². The van der Waals surface area contributed by atoms with Gasteiger partial charge in [0.2, 0.25) is 0 Å². The summed E-state index contributed by atoms with van der Waals surface area (Å²) < 4.78 is 0. The lowest BCUT2D eigenvalue weighted by atomic mass is 9.88. The highest BCUT2D eigenvalue weighted by Gasteiger charge is 2.36. The highest BCUT2D eigenvalue weighted by molar-refractivity contribution is 7.99. The zero-order valence-electron chi connectivity index (χ0n) is 13.2. The minimum absolute atomic E-state index is 0.328. The molecule has 2 aliphatic heterocycles. The monoisotopic (exact) mass is 284 g/mol. The molecule has 0 aromatic rings. The summed E-state index contributed by atoms with van der Waals surface area (Å²) in [5.74, 6) is 4.47. The first-order chi connectivity index (χ1) is 9.04. The summed E-state index contributed by atoms with van der Waals surface area (Å²) in [6, 6.07) is 0.731. The molecule has 0 spiro atoms. The number of hydrogen-bond donors (Lipinski definition) is 1. The van der Waals surface area contributed by atoms with Crippen molar-refractivity contribution >= 4 is 11.8 Å². The number of rotatable bonds is 4. The molecule has 2 saturated heterocycles. The van der Waals surface area contributed by atoms with Gasteiger partial charge in [0.1, 0.15) is 0 Å². The first kappa shape index (κ1) is 15.7. The fourth-order valence-electron chi connectivity index (χ4n) is 3.46. The van der Waals surface area contributed by atoms with Crippen LogP contribution < -0.4 is 5.32 Å². The number of nitrogens with zero attached hydrogens (tertiary/aromatic N) is 1. The predicted octanol–water partition coefficient (Wildman–Crippen LogP) is 3.23. The summed E-state index contributed by atoms with van der Waals surface area (Å²) in [6.45, 7) is 13.2. The summed E-state index contributed by atoms with van der Waals surface area (Å²) in [6.07, 6.45) is 4.10. The van der Waals surface area contributed by atoms with E-state index in [1.165, 1.54) is 50.4 Å². The van der Waals surface area contributed by atoms with Crippen LogP contribution in [0.3, 0.4) is 0 Å². The molecule has 112 valence electrons. The molecule has 2 atom stereocenters. The van der Waals surface area contributed by atoms with Crippen LogP contribution in [0.25, 0.3) is 0 Å². The molecule has 2 unspecified atom stereocenters. The van der Waals surface area contributed by atoms with E-state index in [9.17, 15) is 0 Å². The van der Waals surface area contributed by atoms with Gasteiger partial charge < -0.3 is 5.32 Å². The zero-order valence-corrected chi connectivity index (χ0v) is 14.1. The molecule has 0 aromatic heterocycles. The lowest BCUT2D eigenvalue weighted by Gasteiger charge is -2.48. The smallest absolute Gasteiger partial charge is 0.0278 e. The Hall–Kier alpha value is 0.270. The Morgan fingerprint density at radius 1 is 1.32 bits per heavy atom. The Morgan fingerprint density at radius 3 is 2.58 bits per heavy atom. The second kappa shape index (κ2) is 6.82. The van der Waals surface area contributed by atoms with Crippen molar-refractivity contribution in [1.29, 1.82) is 0 Å². The van der Waals surface area contributed by atoms with Crippen molar-refractivity contribution in [2.75, 3.05) is 31.1 Å². The van der Waals surface area contributed by atoms with Crippen LogP contribution in [0.1, 0.15) is 47.0 Å². The van der Waals surface area contributed by atoms with E-state index in [0.29, 0.717) is 5.54 Å². The summed E-state index contributed by atoms with van der Waals surface area (Å²) in [4.78, 5) is 2.81. The average molecular weight is 285 g/mol. The Balaban J connectivity index is 1.98. The van der Waals surface area contributed by atoms with Gasteiger partial charge in [-0.05, 0) is 49.5 Å². The van der Waals surface area contributed by atoms with E-state index in [0.717, 1.165) is 17.9 Å². The predicted molar refractivity (Wildman–Crippen MR) is 86.9 cm³/mol. The minimum atomic E-state index is 0.328. The largest absolute Gasteiger partial charge is 0.309 e. The van der Waals surface area contributed by atoms with Crippen molar-refractivity contribution in [3.8, 4) is 0 Å².